The molecule has 6 heteroatoms. The number of fused-ring (bicyclic) bond motifs is 1. The summed E-state index contributed by atoms with van der Waals surface area (Å²) in [4.78, 5) is 4.51. The molecule has 0 fully saturated rings. The quantitative estimate of drug-likeness (QED) is 0.704. The summed E-state index contributed by atoms with van der Waals surface area (Å²) in [6.45, 7) is 0.532. The van der Waals surface area contributed by atoms with Gasteiger partial charge in [-0.15, -0.1) is 11.3 Å². The van der Waals surface area contributed by atoms with Gasteiger partial charge in [0.05, 0.1) is 16.8 Å². The lowest BCUT2D eigenvalue weighted by molar-refractivity contribution is 0.244. The number of nitrogens with zero attached hydrogens (tertiary/aromatic N) is 1. The maximum Gasteiger partial charge on any atom is 0.150 e. The van der Waals surface area contributed by atoms with E-state index in [1.807, 2.05) is 24.5 Å². The average Bonchev–Trinajstić information content (AvgIpc) is 3.10. The van der Waals surface area contributed by atoms with Crippen molar-refractivity contribution in [2.24, 2.45) is 0 Å². The van der Waals surface area contributed by atoms with E-state index in [1.165, 1.54) is 4.70 Å². The Hall–Kier alpha value is -1.50. The highest BCUT2D eigenvalue weighted by molar-refractivity contribution is 8.00. The van der Waals surface area contributed by atoms with Crippen molar-refractivity contribution < 1.29 is 9.52 Å². The number of rotatable bonds is 5. The van der Waals surface area contributed by atoms with Crippen molar-refractivity contribution in [3.8, 4) is 0 Å². The van der Waals surface area contributed by atoms with Gasteiger partial charge in [-0.2, -0.15) is 0 Å². The molecule has 0 radical (unpaired) electrons. The lowest BCUT2D eigenvalue weighted by atomic mass is 10.3. The summed E-state index contributed by atoms with van der Waals surface area (Å²) in [7, 11) is 0. The lowest BCUT2D eigenvalue weighted by Gasteiger charge is -2.04. The van der Waals surface area contributed by atoms with E-state index in [0.717, 1.165) is 21.3 Å². The Morgan fingerprint density at radius 2 is 2.15 bits per heavy atom. The normalized spacial score (nSPS) is 11.1. The van der Waals surface area contributed by atoms with E-state index in [0.29, 0.717) is 12.3 Å². The summed E-state index contributed by atoms with van der Waals surface area (Å²) in [6.07, 6.45) is 2.03. The summed E-state index contributed by atoms with van der Waals surface area (Å²) < 4.78 is 7.69. The second-order valence-corrected chi connectivity index (χ2v) is 6.33. The number of aliphatic hydroxyl groups excluding tert-OH is 1. The number of furan rings is 1. The number of benzene rings is 1. The minimum Gasteiger partial charge on any atom is -0.462 e. The Labute approximate surface area is 124 Å². The van der Waals surface area contributed by atoms with Crippen LogP contribution in [0.2, 0.25) is 0 Å². The van der Waals surface area contributed by atoms with Gasteiger partial charge in [-0.05, 0) is 36.6 Å². The van der Waals surface area contributed by atoms with Crippen LogP contribution in [0.15, 0.2) is 39.1 Å². The first-order valence-corrected chi connectivity index (χ1v) is 8.19. The molecule has 0 spiro atoms. The number of aromatic nitrogens is 1. The van der Waals surface area contributed by atoms with Crippen LogP contribution in [0.4, 0.5) is 5.69 Å². The molecule has 3 rings (SSSR count). The number of hydrogen-bond donors (Lipinski definition) is 2. The molecule has 20 heavy (non-hydrogen) atoms. The van der Waals surface area contributed by atoms with Crippen molar-refractivity contribution >= 4 is 39.0 Å². The monoisotopic (exact) mass is 306 g/mol. The third-order valence-electron chi connectivity index (χ3n) is 2.88. The Balaban J connectivity index is 1.73. The second kappa shape index (κ2) is 5.87. The molecule has 1 aromatic carbocycles. The summed E-state index contributed by atoms with van der Waals surface area (Å²) >= 11 is 3.36. The number of hydrogen-bond acceptors (Lipinski definition) is 6. The third kappa shape index (κ3) is 2.82. The van der Waals surface area contributed by atoms with Crippen LogP contribution < -0.4 is 5.32 Å². The van der Waals surface area contributed by atoms with E-state index in [9.17, 15) is 0 Å². The maximum atomic E-state index is 8.96. The van der Waals surface area contributed by atoms with E-state index < -0.39 is 0 Å². The molecule has 0 unspecified atom stereocenters. The fraction of sp³-hybridized carbons (Fsp3) is 0.214. The number of thiazole rings is 1. The fourth-order valence-electron chi connectivity index (χ4n) is 1.89. The van der Waals surface area contributed by atoms with Crippen molar-refractivity contribution in [1.82, 2.24) is 4.98 Å². The van der Waals surface area contributed by atoms with Gasteiger partial charge < -0.3 is 14.8 Å². The van der Waals surface area contributed by atoms with Crippen molar-refractivity contribution in [3.63, 3.8) is 0 Å². The van der Waals surface area contributed by atoms with Gasteiger partial charge >= 0.3 is 0 Å². The topological polar surface area (TPSA) is 58.3 Å². The van der Waals surface area contributed by atoms with E-state index in [4.69, 9.17) is 9.52 Å². The molecular formula is C14H14N2O2S2. The van der Waals surface area contributed by atoms with Gasteiger partial charge in [-0.3, -0.25) is 0 Å². The van der Waals surface area contributed by atoms with E-state index in [1.54, 1.807) is 29.2 Å². The molecule has 0 atom stereocenters. The van der Waals surface area contributed by atoms with Crippen molar-refractivity contribution in [3.05, 3.63) is 41.9 Å². The molecule has 2 N–H and O–H groups in total. The minimum atomic E-state index is -0.0652. The van der Waals surface area contributed by atoms with Crippen LogP contribution in [0.25, 0.3) is 10.2 Å². The van der Waals surface area contributed by atoms with Gasteiger partial charge in [0.25, 0.3) is 0 Å². The Morgan fingerprint density at radius 1 is 1.30 bits per heavy atom. The zero-order valence-electron chi connectivity index (χ0n) is 10.9. The predicted octanol–water partition coefficient (Wildman–Crippen LogP) is 3.72. The zero-order valence-corrected chi connectivity index (χ0v) is 12.6. The molecule has 0 bridgehead atoms. The van der Waals surface area contributed by atoms with Crippen LogP contribution in [0, 0.1) is 0 Å². The highest BCUT2D eigenvalue weighted by Gasteiger charge is 2.05. The highest BCUT2D eigenvalue weighted by Crippen LogP contribution is 2.30. The van der Waals surface area contributed by atoms with Gasteiger partial charge in [0.1, 0.15) is 18.1 Å². The van der Waals surface area contributed by atoms with Gasteiger partial charge in [-0.1, -0.05) is 11.8 Å². The first-order valence-electron chi connectivity index (χ1n) is 6.15. The Kier molecular flexibility index (Phi) is 3.95. The molecule has 2 aromatic heterocycles. The van der Waals surface area contributed by atoms with Crippen LogP contribution in [0.5, 0.6) is 0 Å². The van der Waals surface area contributed by atoms with Gasteiger partial charge in [0.15, 0.2) is 4.34 Å². The Morgan fingerprint density at radius 3 is 2.90 bits per heavy atom. The van der Waals surface area contributed by atoms with E-state index in [-0.39, 0.29) is 6.61 Å². The zero-order chi connectivity index (χ0) is 13.9. The van der Waals surface area contributed by atoms with Crippen LogP contribution in [0.1, 0.15) is 11.5 Å². The smallest absolute Gasteiger partial charge is 0.150 e. The van der Waals surface area contributed by atoms with Crippen LogP contribution in [0.3, 0.4) is 0 Å². The van der Waals surface area contributed by atoms with Gasteiger partial charge in [-0.25, -0.2) is 4.98 Å². The average molecular weight is 306 g/mol. The molecule has 0 aliphatic carbocycles. The standard InChI is InChI=1S/C14H14N2O2S2/c1-19-14-16-12-5-2-9(6-13(12)20-14)15-7-10-3-4-11(8-17)18-10/h2-6,15,17H,7-8H2,1H3. The molecule has 0 saturated carbocycles. The molecule has 0 aliphatic rings. The van der Waals surface area contributed by atoms with E-state index >= 15 is 0 Å². The summed E-state index contributed by atoms with van der Waals surface area (Å²) in [6, 6.07) is 9.80. The molecule has 3 aromatic rings. The first-order chi connectivity index (χ1) is 9.78. The summed E-state index contributed by atoms with van der Waals surface area (Å²) in [5, 5.41) is 12.3. The molecule has 0 saturated heterocycles. The Bertz CT molecular complexity index is 721. The summed E-state index contributed by atoms with van der Waals surface area (Å²) in [5.41, 5.74) is 2.07. The number of aliphatic hydroxyl groups is 1. The van der Waals surface area contributed by atoms with E-state index in [2.05, 4.69) is 16.4 Å². The fourth-order valence-corrected chi connectivity index (χ4v) is 3.42. The van der Waals surface area contributed by atoms with Gasteiger partial charge in [0.2, 0.25) is 0 Å². The van der Waals surface area contributed by atoms with Crippen molar-refractivity contribution in [2.45, 2.75) is 17.5 Å². The largest absolute Gasteiger partial charge is 0.462 e. The number of anilines is 1. The van der Waals surface area contributed by atoms with Crippen LogP contribution in [-0.4, -0.2) is 16.3 Å². The lowest BCUT2D eigenvalue weighted by Crippen LogP contribution is -1.97. The molecule has 104 valence electrons. The van der Waals surface area contributed by atoms with Crippen molar-refractivity contribution in [1.29, 1.82) is 0 Å². The maximum absolute atomic E-state index is 8.96. The third-order valence-corrected chi connectivity index (χ3v) is 4.89. The molecular weight excluding hydrogens is 292 g/mol. The number of nitrogens with one attached hydrogen (secondary N) is 1. The minimum absolute atomic E-state index is 0.0652. The second-order valence-electron chi connectivity index (χ2n) is 4.25. The molecule has 0 amide bonds. The molecule has 0 aliphatic heterocycles. The van der Waals surface area contributed by atoms with Gasteiger partial charge in [0, 0.05) is 5.69 Å². The first kappa shape index (κ1) is 13.5. The SMILES string of the molecule is CSc1nc2ccc(NCc3ccc(CO)o3)cc2s1. The van der Waals surface area contributed by atoms with Crippen molar-refractivity contribution in [2.75, 3.05) is 11.6 Å². The molecule has 4 nitrogen and oxygen atoms in total. The molecule has 2 heterocycles. The van der Waals surface area contributed by atoms with Crippen LogP contribution in [-0.2, 0) is 13.2 Å². The predicted molar refractivity (Wildman–Crippen MR) is 83.4 cm³/mol. The highest BCUT2D eigenvalue weighted by atomic mass is 32.2. The van der Waals surface area contributed by atoms with Crippen LogP contribution >= 0.6 is 23.1 Å². The number of thioether (sulfide) groups is 1. The summed E-state index contributed by atoms with van der Waals surface area (Å²) in [5.74, 6) is 1.40.